The van der Waals surface area contributed by atoms with E-state index in [2.05, 4.69) is 5.32 Å². The van der Waals surface area contributed by atoms with Crippen LogP contribution >= 0.6 is 0 Å². The van der Waals surface area contributed by atoms with Gasteiger partial charge >= 0.3 is 0 Å². The van der Waals surface area contributed by atoms with E-state index in [0.717, 1.165) is 11.8 Å². The normalized spacial score (nSPS) is 16.5. The predicted molar refractivity (Wildman–Crippen MR) is 111 cm³/mol. The molecule has 0 aliphatic carbocycles. The number of sulfone groups is 1. The number of nitrogens with zero attached hydrogens (tertiary/aromatic N) is 1. The van der Waals surface area contributed by atoms with E-state index in [9.17, 15) is 21.6 Å². The highest BCUT2D eigenvalue weighted by Crippen LogP contribution is 2.26. The molecule has 2 aromatic rings. The van der Waals surface area contributed by atoms with Gasteiger partial charge in [-0.3, -0.25) is 4.79 Å². The van der Waals surface area contributed by atoms with Crippen molar-refractivity contribution in [3.8, 4) is 0 Å². The van der Waals surface area contributed by atoms with Crippen LogP contribution in [-0.4, -0.2) is 46.4 Å². The number of hydrogen-bond donors (Lipinski definition) is 1. The smallest absolute Gasteiger partial charge is 0.243 e. The second-order valence-corrected chi connectivity index (χ2v) is 11.2. The van der Waals surface area contributed by atoms with Crippen LogP contribution in [0.2, 0.25) is 0 Å². The van der Waals surface area contributed by atoms with Gasteiger partial charge in [0.1, 0.15) is 0 Å². The Hall–Kier alpha value is -2.23. The van der Waals surface area contributed by atoms with Crippen LogP contribution in [-0.2, 0) is 24.7 Å². The van der Waals surface area contributed by atoms with E-state index >= 15 is 0 Å². The van der Waals surface area contributed by atoms with Gasteiger partial charge in [-0.2, -0.15) is 4.31 Å². The van der Waals surface area contributed by atoms with Crippen molar-refractivity contribution in [2.45, 2.75) is 29.6 Å². The van der Waals surface area contributed by atoms with Gasteiger partial charge in [0, 0.05) is 31.0 Å². The van der Waals surface area contributed by atoms with Gasteiger partial charge in [-0.15, -0.1) is 0 Å². The molecule has 0 spiro atoms. The zero-order chi connectivity index (χ0) is 21.2. The van der Waals surface area contributed by atoms with Gasteiger partial charge in [0.25, 0.3) is 0 Å². The van der Waals surface area contributed by atoms with Crippen LogP contribution in [0, 0.1) is 12.8 Å². The van der Waals surface area contributed by atoms with Crippen LogP contribution in [0.3, 0.4) is 0 Å². The Morgan fingerprint density at radius 1 is 0.966 bits per heavy atom. The summed E-state index contributed by atoms with van der Waals surface area (Å²) in [6.07, 6.45) is 1.85. The molecule has 0 saturated carbocycles. The fourth-order valence-corrected chi connectivity index (χ4v) is 5.51. The van der Waals surface area contributed by atoms with E-state index in [0.29, 0.717) is 18.5 Å². The minimum atomic E-state index is -3.82. The monoisotopic (exact) mass is 436 g/mol. The Bertz CT molecular complexity index is 1100. The van der Waals surface area contributed by atoms with Gasteiger partial charge in [-0.25, -0.2) is 16.8 Å². The molecule has 1 aliphatic heterocycles. The number of sulfonamides is 1. The van der Waals surface area contributed by atoms with Gasteiger partial charge in [-0.1, -0.05) is 23.8 Å². The predicted octanol–water partition coefficient (Wildman–Crippen LogP) is 2.44. The summed E-state index contributed by atoms with van der Waals surface area (Å²) in [6, 6.07) is 12.9. The molecule has 29 heavy (non-hydrogen) atoms. The summed E-state index contributed by atoms with van der Waals surface area (Å²) >= 11 is 0. The van der Waals surface area contributed by atoms with Crippen LogP contribution in [0.25, 0.3) is 0 Å². The molecule has 0 aromatic heterocycles. The number of anilines is 1. The third-order valence-corrected chi connectivity index (χ3v) is 8.02. The summed E-state index contributed by atoms with van der Waals surface area (Å²) in [5.74, 6) is -0.393. The maximum absolute atomic E-state index is 12.9. The number of carbonyl (C=O) groups excluding carboxylic acids is 1. The van der Waals surface area contributed by atoms with Crippen LogP contribution in [0.1, 0.15) is 18.4 Å². The summed E-state index contributed by atoms with van der Waals surface area (Å²) in [6.45, 7) is 2.38. The fourth-order valence-electron chi connectivity index (χ4n) is 3.25. The minimum Gasteiger partial charge on any atom is -0.326 e. The van der Waals surface area contributed by atoms with Crippen molar-refractivity contribution in [2.75, 3.05) is 24.7 Å². The minimum absolute atomic E-state index is 0.0362. The van der Waals surface area contributed by atoms with E-state index in [4.69, 9.17) is 0 Å². The molecule has 1 saturated heterocycles. The summed E-state index contributed by atoms with van der Waals surface area (Å²) in [5, 5.41) is 2.87. The van der Waals surface area contributed by atoms with Crippen LogP contribution < -0.4 is 5.32 Å². The van der Waals surface area contributed by atoms with E-state index in [1.165, 1.54) is 28.6 Å². The number of rotatable bonds is 5. The van der Waals surface area contributed by atoms with Crippen molar-refractivity contribution >= 4 is 31.5 Å². The third-order valence-electron chi connectivity index (χ3n) is 5.02. The molecule has 1 amide bonds. The van der Waals surface area contributed by atoms with Gasteiger partial charge in [0.05, 0.1) is 9.79 Å². The molecule has 0 bridgehead atoms. The molecule has 156 valence electrons. The summed E-state index contributed by atoms with van der Waals surface area (Å²) < 4.78 is 50.5. The van der Waals surface area contributed by atoms with Gasteiger partial charge in [0.15, 0.2) is 9.84 Å². The Kier molecular flexibility index (Phi) is 6.11. The second-order valence-electron chi connectivity index (χ2n) is 7.28. The number of benzene rings is 2. The molecule has 0 unspecified atom stereocenters. The standard InChI is InChI=1S/C20H24N2O5S2/c1-15-6-8-17(9-7-15)21-20(23)16-10-12-22(13-11-16)29(26,27)19-5-3-4-18(14-19)28(2,24)25/h3-9,14,16H,10-13H2,1-2H3,(H,21,23). The summed E-state index contributed by atoms with van der Waals surface area (Å²) in [5.41, 5.74) is 1.81. The Labute approximate surface area is 171 Å². The van der Waals surface area contributed by atoms with Gasteiger partial charge in [0.2, 0.25) is 15.9 Å². The van der Waals surface area contributed by atoms with Gasteiger partial charge in [-0.05, 0) is 50.1 Å². The molecule has 0 radical (unpaired) electrons. The highest BCUT2D eigenvalue weighted by Gasteiger charge is 2.32. The zero-order valence-electron chi connectivity index (χ0n) is 16.3. The quantitative estimate of drug-likeness (QED) is 0.776. The lowest BCUT2D eigenvalue weighted by atomic mass is 9.97. The van der Waals surface area contributed by atoms with Gasteiger partial charge < -0.3 is 5.32 Å². The first-order valence-electron chi connectivity index (χ1n) is 9.25. The highest BCUT2D eigenvalue weighted by atomic mass is 32.2. The van der Waals surface area contributed by atoms with Crippen LogP contribution in [0.5, 0.6) is 0 Å². The maximum Gasteiger partial charge on any atom is 0.243 e. The number of hydrogen-bond acceptors (Lipinski definition) is 5. The molecular weight excluding hydrogens is 412 g/mol. The zero-order valence-corrected chi connectivity index (χ0v) is 18.0. The topological polar surface area (TPSA) is 101 Å². The molecule has 1 N–H and O–H groups in total. The van der Waals surface area contributed by atoms with Crippen molar-refractivity contribution in [2.24, 2.45) is 5.92 Å². The molecule has 2 aromatic carbocycles. The van der Waals surface area contributed by atoms with E-state index in [1.807, 2.05) is 31.2 Å². The molecule has 1 fully saturated rings. The SMILES string of the molecule is Cc1ccc(NC(=O)C2CCN(S(=O)(=O)c3cccc(S(C)(=O)=O)c3)CC2)cc1. The first-order valence-corrected chi connectivity index (χ1v) is 12.6. The number of nitrogens with one attached hydrogen (secondary N) is 1. The van der Waals surface area contributed by atoms with E-state index in [-0.39, 0.29) is 34.7 Å². The third kappa shape index (κ3) is 5.04. The van der Waals surface area contributed by atoms with Crippen molar-refractivity contribution in [1.29, 1.82) is 0 Å². The molecule has 0 atom stereocenters. The van der Waals surface area contributed by atoms with Crippen molar-refractivity contribution < 1.29 is 21.6 Å². The highest BCUT2D eigenvalue weighted by molar-refractivity contribution is 7.91. The summed E-state index contributed by atoms with van der Waals surface area (Å²) in [7, 11) is -7.33. The Morgan fingerprint density at radius 2 is 1.55 bits per heavy atom. The number of piperidine rings is 1. The first-order chi connectivity index (χ1) is 13.6. The number of carbonyl (C=O) groups is 1. The van der Waals surface area contributed by atoms with Crippen LogP contribution in [0.4, 0.5) is 5.69 Å². The molecule has 7 nitrogen and oxygen atoms in total. The molecule has 3 rings (SSSR count). The maximum atomic E-state index is 12.9. The lowest BCUT2D eigenvalue weighted by Gasteiger charge is -2.30. The lowest BCUT2D eigenvalue weighted by Crippen LogP contribution is -2.41. The molecule has 1 aliphatic rings. The lowest BCUT2D eigenvalue weighted by molar-refractivity contribution is -0.120. The molecular formula is C20H24N2O5S2. The molecule has 9 heteroatoms. The molecule has 1 heterocycles. The Morgan fingerprint density at radius 3 is 2.14 bits per heavy atom. The van der Waals surface area contributed by atoms with Crippen molar-refractivity contribution in [3.63, 3.8) is 0 Å². The number of amides is 1. The largest absolute Gasteiger partial charge is 0.326 e. The first kappa shape index (κ1) is 21.5. The average molecular weight is 437 g/mol. The number of aryl methyl sites for hydroxylation is 1. The van der Waals surface area contributed by atoms with Crippen molar-refractivity contribution in [1.82, 2.24) is 4.31 Å². The summed E-state index contributed by atoms with van der Waals surface area (Å²) in [4.78, 5) is 12.4. The van der Waals surface area contributed by atoms with Crippen LogP contribution in [0.15, 0.2) is 58.3 Å². The van der Waals surface area contributed by atoms with E-state index < -0.39 is 19.9 Å². The average Bonchev–Trinajstić information content (AvgIpc) is 2.69. The second kappa shape index (κ2) is 8.25. The van der Waals surface area contributed by atoms with E-state index in [1.54, 1.807) is 0 Å². The van der Waals surface area contributed by atoms with Crippen molar-refractivity contribution in [3.05, 3.63) is 54.1 Å². The Balaban J connectivity index is 1.66. The fraction of sp³-hybridized carbons (Fsp3) is 0.350.